The molecule has 210 valence electrons. The molecule has 0 aliphatic heterocycles. The second-order valence-corrected chi connectivity index (χ2v) is 9.38. The highest BCUT2D eigenvalue weighted by Gasteiger charge is 2.42. The standard InChI is InChI=1S/C31H26F3N3O4/c32-31(33,34)30(39)41-29(38)18-25(23-10-5-8-20-7-1-2-9-22(20)23)26-19-37-27-17-21(12-13-24(26)27)40-16-6-15-36-28-11-3-4-14-35-28/h1-5,7-14,17,19,25,37H,6,15-16,18H2,(H,35,36). The molecule has 2 N–H and O–H groups in total. The summed E-state index contributed by atoms with van der Waals surface area (Å²) < 4.78 is 48.3. The Morgan fingerprint density at radius 3 is 2.54 bits per heavy atom. The Balaban J connectivity index is 1.36. The number of anilines is 1. The lowest BCUT2D eigenvalue weighted by molar-refractivity contribution is -0.201. The number of carbonyl (C=O) groups excluding carboxylic acids is 2. The molecular formula is C31H26F3N3O4. The summed E-state index contributed by atoms with van der Waals surface area (Å²) in [5, 5.41) is 5.73. The minimum Gasteiger partial charge on any atom is -0.493 e. The maximum Gasteiger partial charge on any atom is 0.491 e. The first-order valence-electron chi connectivity index (χ1n) is 13.0. The number of ether oxygens (including phenoxy) is 2. The number of H-pyrrole nitrogens is 1. The highest BCUT2D eigenvalue weighted by molar-refractivity contribution is 5.93. The van der Waals surface area contributed by atoms with Crippen molar-refractivity contribution < 1.29 is 32.2 Å². The number of aromatic amines is 1. The normalized spacial score (nSPS) is 12.3. The topological polar surface area (TPSA) is 93.3 Å². The molecule has 5 rings (SSSR count). The Kier molecular flexibility index (Phi) is 8.19. The molecule has 0 amide bonds. The predicted octanol–water partition coefficient (Wildman–Crippen LogP) is 6.75. The third kappa shape index (κ3) is 6.66. The Labute approximate surface area is 233 Å². The average molecular weight is 562 g/mol. The molecule has 1 atom stereocenters. The first kappa shape index (κ1) is 27.7. The van der Waals surface area contributed by atoms with Gasteiger partial charge in [0.1, 0.15) is 11.6 Å². The first-order chi connectivity index (χ1) is 19.8. The molecule has 0 spiro atoms. The van der Waals surface area contributed by atoms with Crippen LogP contribution in [0.1, 0.15) is 29.9 Å². The number of aromatic nitrogens is 2. The quantitative estimate of drug-likeness (QED) is 0.111. The van der Waals surface area contributed by atoms with Crippen LogP contribution in [-0.4, -0.2) is 41.2 Å². The van der Waals surface area contributed by atoms with E-state index in [0.29, 0.717) is 24.5 Å². The predicted molar refractivity (Wildman–Crippen MR) is 149 cm³/mol. The van der Waals surface area contributed by atoms with Gasteiger partial charge in [0.15, 0.2) is 0 Å². The van der Waals surface area contributed by atoms with Crippen molar-refractivity contribution in [1.82, 2.24) is 9.97 Å². The molecule has 0 aliphatic carbocycles. The summed E-state index contributed by atoms with van der Waals surface area (Å²) in [6, 6.07) is 24.2. The zero-order chi connectivity index (χ0) is 28.8. The number of esters is 2. The molecule has 3 aromatic carbocycles. The molecule has 5 aromatic rings. The molecule has 10 heteroatoms. The summed E-state index contributed by atoms with van der Waals surface area (Å²) in [5.41, 5.74) is 2.13. The van der Waals surface area contributed by atoms with Crippen LogP contribution < -0.4 is 10.1 Å². The van der Waals surface area contributed by atoms with Crippen LogP contribution >= 0.6 is 0 Å². The summed E-state index contributed by atoms with van der Waals surface area (Å²) in [6.45, 7) is 1.15. The van der Waals surface area contributed by atoms with E-state index < -0.39 is 30.5 Å². The van der Waals surface area contributed by atoms with Crippen molar-refractivity contribution in [2.45, 2.75) is 24.9 Å². The van der Waals surface area contributed by atoms with Crippen LogP contribution in [0.4, 0.5) is 19.0 Å². The fourth-order valence-corrected chi connectivity index (χ4v) is 4.76. The van der Waals surface area contributed by atoms with Gasteiger partial charge in [0.25, 0.3) is 0 Å². The third-order valence-electron chi connectivity index (χ3n) is 6.63. The minimum absolute atomic E-state index is 0.468. The van der Waals surface area contributed by atoms with Gasteiger partial charge in [-0.15, -0.1) is 0 Å². The molecule has 0 saturated heterocycles. The van der Waals surface area contributed by atoms with Gasteiger partial charge < -0.3 is 19.8 Å². The van der Waals surface area contributed by atoms with E-state index in [-0.39, 0.29) is 0 Å². The molecule has 2 aromatic heterocycles. The number of pyridine rings is 1. The molecule has 0 fully saturated rings. The van der Waals surface area contributed by atoms with Crippen molar-refractivity contribution in [2.24, 2.45) is 0 Å². The highest BCUT2D eigenvalue weighted by atomic mass is 19.4. The van der Waals surface area contributed by atoms with Crippen LogP contribution in [0.5, 0.6) is 5.75 Å². The smallest absolute Gasteiger partial charge is 0.491 e. The molecule has 2 heterocycles. The number of hydrogen-bond acceptors (Lipinski definition) is 6. The minimum atomic E-state index is -5.27. The van der Waals surface area contributed by atoms with Gasteiger partial charge >= 0.3 is 18.1 Å². The van der Waals surface area contributed by atoms with Gasteiger partial charge in [0, 0.05) is 41.8 Å². The average Bonchev–Trinajstić information content (AvgIpc) is 3.38. The number of fused-ring (bicyclic) bond motifs is 2. The van der Waals surface area contributed by atoms with E-state index in [1.165, 1.54) is 0 Å². The molecular weight excluding hydrogens is 535 g/mol. The highest BCUT2D eigenvalue weighted by Crippen LogP contribution is 2.38. The second-order valence-electron chi connectivity index (χ2n) is 9.38. The second kappa shape index (κ2) is 12.1. The van der Waals surface area contributed by atoms with Crippen molar-refractivity contribution in [2.75, 3.05) is 18.5 Å². The largest absolute Gasteiger partial charge is 0.493 e. The molecule has 0 bridgehead atoms. The molecule has 0 aliphatic rings. The molecule has 7 nitrogen and oxygen atoms in total. The Morgan fingerprint density at radius 2 is 1.73 bits per heavy atom. The fourth-order valence-electron chi connectivity index (χ4n) is 4.76. The Bertz CT molecular complexity index is 1660. The van der Waals surface area contributed by atoms with Gasteiger partial charge in [-0.25, -0.2) is 9.78 Å². The number of alkyl halides is 3. The number of benzene rings is 3. The lowest BCUT2D eigenvalue weighted by Gasteiger charge is -2.19. The summed E-state index contributed by atoms with van der Waals surface area (Å²) in [5.74, 6) is -3.05. The lowest BCUT2D eigenvalue weighted by atomic mass is 9.85. The van der Waals surface area contributed by atoms with Crippen molar-refractivity contribution in [3.8, 4) is 5.75 Å². The van der Waals surface area contributed by atoms with Crippen LogP contribution in [0.15, 0.2) is 91.3 Å². The summed E-state index contributed by atoms with van der Waals surface area (Å²) in [7, 11) is 0. The van der Waals surface area contributed by atoms with Crippen molar-refractivity contribution in [1.29, 1.82) is 0 Å². The van der Waals surface area contributed by atoms with Crippen LogP contribution in [0.3, 0.4) is 0 Å². The van der Waals surface area contributed by atoms with Gasteiger partial charge in [-0.05, 0) is 52.6 Å². The van der Waals surface area contributed by atoms with Gasteiger partial charge in [0.2, 0.25) is 0 Å². The van der Waals surface area contributed by atoms with E-state index in [4.69, 9.17) is 4.74 Å². The number of rotatable bonds is 10. The number of nitrogens with one attached hydrogen (secondary N) is 2. The van der Waals surface area contributed by atoms with Crippen molar-refractivity contribution in [3.05, 3.63) is 102 Å². The van der Waals surface area contributed by atoms with E-state index in [1.54, 1.807) is 18.5 Å². The van der Waals surface area contributed by atoms with Crippen LogP contribution in [0.2, 0.25) is 0 Å². The third-order valence-corrected chi connectivity index (χ3v) is 6.63. The van der Waals surface area contributed by atoms with E-state index in [2.05, 4.69) is 20.0 Å². The molecule has 41 heavy (non-hydrogen) atoms. The zero-order valence-corrected chi connectivity index (χ0v) is 21.8. The van der Waals surface area contributed by atoms with Gasteiger partial charge in [0.05, 0.1) is 13.0 Å². The molecule has 0 radical (unpaired) electrons. The Morgan fingerprint density at radius 1 is 0.927 bits per heavy atom. The number of hydrogen-bond donors (Lipinski definition) is 2. The van der Waals surface area contributed by atoms with Gasteiger partial charge in [-0.2, -0.15) is 13.2 Å². The van der Waals surface area contributed by atoms with E-state index >= 15 is 0 Å². The monoisotopic (exact) mass is 561 g/mol. The number of carbonyl (C=O) groups is 2. The van der Waals surface area contributed by atoms with Crippen molar-refractivity contribution in [3.63, 3.8) is 0 Å². The van der Waals surface area contributed by atoms with Crippen LogP contribution in [-0.2, 0) is 14.3 Å². The number of nitrogens with zero attached hydrogens (tertiary/aromatic N) is 1. The zero-order valence-electron chi connectivity index (χ0n) is 21.8. The van der Waals surface area contributed by atoms with E-state index in [9.17, 15) is 22.8 Å². The van der Waals surface area contributed by atoms with E-state index in [0.717, 1.165) is 39.5 Å². The molecule has 1 unspecified atom stereocenters. The van der Waals surface area contributed by atoms with Gasteiger partial charge in [-0.1, -0.05) is 48.5 Å². The maximum atomic E-state index is 12.8. The first-order valence-corrected chi connectivity index (χ1v) is 13.0. The van der Waals surface area contributed by atoms with Crippen molar-refractivity contribution >= 4 is 39.4 Å². The summed E-state index contributed by atoms with van der Waals surface area (Å²) in [6.07, 6.45) is -1.56. The summed E-state index contributed by atoms with van der Waals surface area (Å²) in [4.78, 5) is 31.3. The maximum absolute atomic E-state index is 12.8. The number of halogens is 3. The SMILES string of the molecule is O=C(CC(c1cccc2ccccc12)c1c[nH]c2cc(OCCCNc3ccccn3)ccc12)OC(=O)C(F)(F)F. The fraction of sp³-hybridized carbons (Fsp3) is 0.194. The van der Waals surface area contributed by atoms with Crippen LogP contribution in [0, 0.1) is 0 Å². The van der Waals surface area contributed by atoms with E-state index in [1.807, 2.05) is 72.8 Å². The lowest BCUT2D eigenvalue weighted by Crippen LogP contribution is -2.28. The van der Waals surface area contributed by atoms with Crippen LogP contribution in [0.25, 0.3) is 21.7 Å². The molecule has 0 saturated carbocycles. The Hall–Kier alpha value is -4.86. The van der Waals surface area contributed by atoms with Gasteiger partial charge in [-0.3, -0.25) is 4.79 Å². The summed E-state index contributed by atoms with van der Waals surface area (Å²) >= 11 is 0.